The molecule has 4 nitrogen and oxygen atoms in total. The third kappa shape index (κ3) is 4.09. The summed E-state index contributed by atoms with van der Waals surface area (Å²) in [7, 11) is 1.63. The van der Waals surface area contributed by atoms with E-state index in [4.69, 9.17) is 9.84 Å². The maximum atomic E-state index is 9.25. The van der Waals surface area contributed by atoms with Gasteiger partial charge in [-0.15, -0.1) is 0 Å². The molecular formula is C11H16BrNO3. The molecule has 0 fully saturated rings. The number of anilines is 1. The van der Waals surface area contributed by atoms with Crippen LogP contribution in [0, 0.1) is 0 Å². The molecule has 0 saturated carbocycles. The fourth-order valence-corrected chi connectivity index (χ4v) is 1.65. The van der Waals surface area contributed by atoms with Crippen molar-refractivity contribution < 1.29 is 14.9 Å². The van der Waals surface area contributed by atoms with Crippen LogP contribution in [0.3, 0.4) is 0 Å². The number of hydrogen-bond acceptors (Lipinski definition) is 4. The molecule has 90 valence electrons. The van der Waals surface area contributed by atoms with E-state index in [0.29, 0.717) is 13.2 Å². The second-order valence-electron chi connectivity index (χ2n) is 3.45. The quantitative estimate of drug-likeness (QED) is 0.740. The van der Waals surface area contributed by atoms with Gasteiger partial charge in [-0.05, 0) is 12.1 Å². The predicted molar refractivity (Wildman–Crippen MR) is 66.4 cm³/mol. The average molecular weight is 290 g/mol. The van der Waals surface area contributed by atoms with Gasteiger partial charge in [0, 0.05) is 29.4 Å². The fraction of sp³-hybridized carbons (Fsp3) is 0.455. The van der Waals surface area contributed by atoms with Crippen molar-refractivity contribution >= 4 is 21.6 Å². The molecule has 0 amide bonds. The summed E-state index contributed by atoms with van der Waals surface area (Å²) < 4.78 is 6.03. The van der Waals surface area contributed by atoms with Gasteiger partial charge in [0.25, 0.3) is 0 Å². The minimum atomic E-state index is -0.755. The van der Waals surface area contributed by atoms with Crippen LogP contribution in [0.25, 0.3) is 0 Å². The molecule has 0 spiro atoms. The van der Waals surface area contributed by atoms with Crippen molar-refractivity contribution in [3.8, 4) is 0 Å². The van der Waals surface area contributed by atoms with Gasteiger partial charge in [0.05, 0.1) is 19.3 Å². The molecule has 0 radical (unpaired) electrons. The normalized spacial score (nSPS) is 12.5. The summed E-state index contributed by atoms with van der Waals surface area (Å²) in [6, 6.07) is 5.79. The van der Waals surface area contributed by atoms with Gasteiger partial charge in [-0.25, -0.2) is 0 Å². The highest BCUT2D eigenvalue weighted by atomic mass is 79.9. The number of methoxy groups -OCH3 is 1. The molecule has 0 aliphatic carbocycles. The average Bonchev–Trinajstić information content (AvgIpc) is 2.29. The number of aliphatic hydroxyl groups is 2. The molecule has 1 unspecified atom stereocenters. The van der Waals surface area contributed by atoms with Gasteiger partial charge in [0.2, 0.25) is 0 Å². The van der Waals surface area contributed by atoms with Crippen LogP contribution in [0.5, 0.6) is 0 Å². The Balaban J connectivity index is 2.71. The van der Waals surface area contributed by atoms with Crippen LogP contribution in [-0.2, 0) is 11.3 Å². The highest BCUT2D eigenvalue weighted by molar-refractivity contribution is 9.10. The van der Waals surface area contributed by atoms with Gasteiger partial charge in [0.1, 0.15) is 0 Å². The summed E-state index contributed by atoms with van der Waals surface area (Å²) in [5.74, 6) is 0. The molecule has 1 aromatic rings. The molecule has 16 heavy (non-hydrogen) atoms. The SMILES string of the molecule is COCc1ccc(Br)cc1NCC(O)CO. The van der Waals surface area contributed by atoms with Gasteiger partial charge in [-0.3, -0.25) is 0 Å². The van der Waals surface area contributed by atoms with E-state index < -0.39 is 6.10 Å². The smallest absolute Gasteiger partial charge is 0.0942 e. The maximum absolute atomic E-state index is 9.25. The molecular weight excluding hydrogens is 274 g/mol. The lowest BCUT2D eigenvalue weighted by molar-refractivity contribution is 0.105. The lowest BCUT2D eigenvalue weighted by atomic mass is 10.2. The zero-order valence-corrected chi connectivity index (χ0v) is 10.7. The fourth-order valence-electron chi connectivity index (χ4n) is 1.29. The van der Waals surface area contributed by atoms with Crippen LogP contribution in [0.1, 0.15) is 5.56 Å². The summed E-state index contributed by atoms with van der Waals surface area (Å²) in [6.07, 6.45) is -0.755. The van der Waals surface area contributed by atoms with Crippen LogP contribution in [-0.4, -0.2) is 36.6 Å². The van der Waals surface area contributed by atoms with E-state index >= 15 is 0 Å². The van der Waals surface area contributed by atoms with Crippen molar-refractivity contribution in [2.75, 3.05) is 25.6 Å². The van der Waals surface area contributed by atoms with Gasteiger partial charge in [0.15, 0.2) is 0 Å². The summed E-state index contributed by atoms with van der Waals surface area (Å²) in [6.45, 7) is 0.565. The number of halogens is 1. The van der Waals surface area contributed by atoms with Gasteiger partial charge < -0.3 is 20.3 Å². The molecule has 0 aliphatic heterocycles. The Bertz CT molecular complexity index is 333. The first-order chi connectivity index (χ1) is 7.67. The van der Waals surface area contributed by atoms with Gasteiger partial charge in [-0.1, -0.05) is 22.0 Å². The number of aliphatic hydroxyl groups excluding tert-OH is 2. The Kier molecular flexibility index (Phi) is 5.76. The van der Waals surface area contributed by atoms with Gasteiger partial charge in [-0.2, -0.15) is 0 Å². The van der Waals surface area contributed by atoms with Crippen molar-refractivity contribution in [2.24, 2.45) is 0 Å². The van der Waals surface area contributed by atoms with Crippen LogP contribution in [0.2, 0.25) is 0 Å². The summed E-state index contributed by atoms with van der Waals surface area (Å²) >= 11 is 3.38. The molecule has 0 aliphatic rings. The summed E-state index contributed by atoms with van der Waals surface area (Å²) in [5.41, 5.74) is 1.90. The molecule has 0 heterocycles. The van der Waals surface area contributed by atoms with Crippen molar-refractivity contribution in [1.82, 2.24) is 0 Å². The topological polar surface area (TPSA) is 61.7 Å². The van der Waals surface area contributed by atoms with Crippen molar-refractivity contribution in [2.45, 2.75) is 12.7 Å². The van der Waals surface area contributed by atoms with E-state index in [1.807, 2.05) is 18.2 Å². The van der Waals surface area contributed by atoms with E-state index in [2.05, 4.69) is 21.2 Å². The first-order valence-electron chi connectivity index (χ1n) is 4.97. The predicted octanol–water partition coefficient (Wildman–Crippen LogP) is 1.36. The maximum Gasteiger partial charge on any atom is 0.0942 e. The van der Waals surface area contributed by atoms with Crippen LogP contribution >= 0.6 is 15.9 Å². The molecule has 1 aromatic carbocycles. The minimum absolute atomic E-state index is 0.249. The highest BCUT2D eigenvalue weighted by Crippen LogP contribution is 2.22. The lowest BCUT2D eigenvalue weighted by Gasteiger charge is -2.14. The Labute approximate surface area is 103 Å². The Morgan fingerprint density at radius 1 is 1.50 bits per heavy atom. The second-order valence-corrected chi connectivity index (χ2v) is 4.37. The lowest BCUT2D eigenvalue weighted by Crippen LogP contribution is -2.23. The van der Waals surface area contributed by atoms with Crippen molar-refractivity contribution in [3.05, 3.63) is 28.2 Å². The highest BCUT2D eigenvalue weighted by Gasteiger charge is 2.06. The standard InChI is InChI=1S/C11H16BrNO3/c1-16-7-8-2-3-9(12)4-11(8)13-5-10(15)6-14/h2-4,10,13-15H,5-7H2,1H3. The van der Waals surface area contributed by atoms with E-state index in [-0.39, 0.29) is 6.61 Å². The first-order valence-corrected chi connectivity index (χ1v) is 5.76. The van der Waals surface area contributed by atoms with E-state index in [1.165, 1.54) is 0 Å². The largest absolute Gasteiger partial charge is 0.394 e. The summed E-state index contributed by atoms with van der Waals surface area (Å²) in [5, 5.41) is 21.0. The van der Waals surface area contributed by atoms with E-state index in [1.54, 1.807) is 7.11 Å². The zero-order valence-electron chi connectivity index (χ0n) is 9.11. The van der Waals surface area contributed by atoms with Crippen molar-refractivity contribution in [1.29, 1.82) is 0 Å². The molecule has 0 bridgehead atoms. The monoisotopic (exact) mass is 289 g/mol. The number of ether oxygens (including phenoxy) is 1. The molecule has 1 rings (SSSR count). The Morgan fingerprint density at radius 2 is 2.25 bits per heavy atom. The van der Waals surface area contributed by atoms with Gasteiger partial charge >= 0.3 is 0 Å². The molecule has 3 N–H and O–H groups in total. The third-order valence-electron chi connectivity index (χ3n) is 2.11. The van der Waals surface area contributed by atoms with E-state index in [0.717, 1.165) is 15.7 Å². The minimum Gasteiger partial charge on any atom is -0.394 e. The Hall–Kier alpha value is -0.620. The summed E-state index contributed by atoms with van der Waals surface area (Å²) in [4.78, 5) is 0. The molecule has 0 saturated heterocycles. The number of rotatable bonds is 6. The third-order valence-corrected chi connectivity index (χ3v) is 2.60. The number of benzene rings is 1. The van der Waals surface area contributed by atoms with Crippen molar-refractivity contribution in [3.63, 3.8) is 0 Å². The zero-order chi connectivity index (χ0) is 12.0. The second kappa shape index (κ2) is 6.85. The number of nitrogens with one attached hydrogen (secondary N) is 1. The van der Waals surface area contributed by atoms with Crippen LogP contribution < -0.4 is 5.32 Å². The molecule has 5 heteroatoms. The molecule has 1 atom stereocenters. The van der Waals surface area contributed by atoms with E-state index in [9.17, 15) is 5.11 Å². The molecule has 0 aromatic heterocycles. The number of hydrogen-bond donors (Lipinski definition) is 3. The van der Waals surface area contributed by atoms with Crippen LogP contribution in [0.15, 0.2) is 22.7 Å². The Morgan fingerprint density at radius 3 is 2.88 bits per heavy atom. The van der Waals surface area contributed by atoms with Crippen LogP contribution in [0.4, 0.5) is 5.69 Å². The first kappa shape index (κ1) is 13.4.